The summed E-state index contributed by atoms with van der Waals surface area (Å²) < 4.78 is 0. The van der Waals surface area contributed by atoms with Crippen LogP contribution in [0.5, 0.6) is 0 Å². The highest BCUT2D eigenvalue weighted by Gasteiger charge is 2.25. The SMILES string of the molecule is Cc1cc(N2CCCC(CNC(=O)C(C)(C)C)C2)ccc1[N+](=O)[O-]. The summed E-state index contributed by atoms with van der Waals surface area (Å²) >= 11 is 0. The number of carbonyl (C=O) groups is 1. The number of hydrogen-bond acceptors (Lipinski definition) is 4. The summed E-state index contributed by atoms with van der Waals surface area (Å²) in [4.78, 5) is 24.9. The van der Waals surface area contributed by atoms with Crippen LogP contribution in [0, 0.1) is 28.4 Å². The van der Waals surface area contributed by atoms with Gasteiger partial charge in [-0.15, -0.1) is 0 Å². The van der Waals surface area contributed by atoms with Crippen molar-refractivity contribution in [2.75, 3.05) is 24.5 Å². The van der Waals surface area contributed by atoms with E-state index in [1.54, 1.807) is 13.0 Å². The number of anilines is 1. The first kappa shape index (κ1) is 18.2. The molecule has 0 aromatic heterocycles. The zero-order chi connectivity index (χ0) is 17.9. The van der Waals surface area contributed by atoms with Gasteiger partial charge in [0.05, 0.1) is 4.92 Å². The maximum atomic E-state index is 12.0. The molecule has 1 N–H and O–H groups in total. The minimum atomic E-state index is -0.371. The first-order valence-corrected chi connectivity index (χ1v) is 8.47. The molecule has 6 nitrogen and oxygen atoms in total. The Balaban J connectivity index is 1.99. The van der Waals surface area contributed by atoms with E-state index >= 15 is 0 Å². The average molecular weight is 333 g/mol. The summed E-state index contributed by atoms with van der Waals surface area (Å²) in [7, 11) is 0. The molecule has 1 aliphatic rings. The largest absolute Gasteiger partial charge is 0.371 e. The van der Waals surface area contributed by atoms with Crippen molar-refractivity contribution in [3.8, 4) is 0 Å². The molecule has 0 spiro atoms. The lowest BCUT2D eigenvalue weighted by Gasteiger charge is -2.35. The maximum absolute atomic E-state index is 12.0. The van der Waals surface area contributed by atoms with Gasteiger partial charge in [-0.1, -0.05) is 20.8 Å². The Morgan fingerprint density at radius 1 is 1.42 bits per heavy atom. The molecular weight excluding hydrogens is 306 g/mol. The summed E-state index contributed by atoms with van der Waals surface area (Å²) in [5.74, 6) is 0.478. The maximum Gasteiger partial charge on any atom is 0.272 e. The molecule has 0 aliphatic carbocycles. The molecule has 24 heavy (non-hydrogen) atoms. The van der Waals surface area contributed by atoms with Crippen LogP contribution in [0.1, 0.15) is 39.2 Å². The number of nitro groups is 1. The molecule has 1 aromatic rings. The van der Waals surface area contributed by atoms with Gasteiger partial charge in [-0.05, 0) is 37.8 Å². The average Bonchev–Trinajstić information content (AvgIpc) is 2.51. The molecule has 1 saturated heterocycles. The second-order valence-electron chi connectivity index (χ2n) is 7.64. The van der Waals surface area contributed by atoms with E-state index in [-0.39, 0.29) is 21.9 Å². The number of rotatable bonds is 4. The Labute approximate surface area is 143 Å². The molecule has 2 rings (SSSR count). The van der Waals surface area contributed by atoms with Gasteiger partial charge in [0.15, 0.2) is 0 Å². The van der Waals surface area contributed by atoms with Gasteiger partial charge < -0.3 is 10.2 Å². The third kappa shape index (κ3) is 4.46. The van der Waals surface area contributed by atoms with E-state index in [2.05, 4.69) is 10.2 Å². The van der Waals surface area contributed by atoms with Crippen LogP contribution in [-0.2, 0) is 4.79 Å². The first-order chi connectivity index (χ1) is 11.2. The predicted molar refractivity (Wildman–Crippen MR) is 95.2 cm³/mol. The lowest BCUT2D eigenvalue weighted by molar-refractivity contribution is -0.385. The van der Waals surface area contributed by atoms with Crippen molar-refractivity contribution in [1.82, 2.24) is 5.32 Å². The number of carbonyl (C=O) groups excluding carboxylic acids is 1. The molecule has 1 amide bonds. The summed E-state index contributed by atoms with van der Waals surface area (Å²) in [5.41, 5.74) is 1.49. The fraction of sp³-hybridized carbons (Fsp3) is 0.611. The van der Waals surface area contributed by atoms with Gasteiger partial charge in [0.1, 0.15) is 0 Å². The number of aryl methyl sites for hydroxylation is 1. The van der Waals surface area contributed by atoms with Gasteiger partial charge >= 0.3 is 0 Å². The molecule has 132 valence electrons. The van der Waals surface area contributed by atoms with Gasteiger partial charge in [0, 0.05) is 42.4 Å². The topological polar surface area (TPSA) is 75.5 Å². The Morgan fingerprint density at radius 2 is 2.12 bits per heavy atom. The number of hydrogen-bond donors (Lipinski definition) is 1. The fourth-order valence-corrected chi connectivity index (χ4v) is 3.01. The highest BCUT2D eigenvalue weighted by molar-refractivity contribution is 5.81. The van der Waals surface area contributed by atoms with Crippen LogP contribution in [0.25, 0.3) is 0 Å². The Bertz CT molecular complexity index is 622. The highest BCUT2D eigenvalue weighted by atomic mass is 16.6. The standard InChI is InChI=1S/C18H27N3O3/c1-13-10-15(7-8-16(13)21(23)24)20-9-5-6-14(12-20)11-19-17(22)18(2,3)4/h7-8,10,14H,5-6,9,11-12H2,1-4H3,(H,19,22). The van der Waals surface area contributed by atoms with E-state index in [9.17, 15) is 14.9 Å². The van der Waals surface area contributed by atoms with Crippen molar-refractivity contribution in [2.45, 2.75) is 40.5 Å². The molecule has 1 aromatic carbocycles. The molecular formula is C18H27N3O3. The number of piperidine rings is 1. The summed E-state index contributed by atoms with van der Waals surface area (Å²) in [6.07, 6.45) is 2.15. The Kier molecular flexibility index (Phi) is 5.47. The van der Waals surface area contributed by atoms with Crippen LogP contribution < -0.4 is 10.2 Å². The Hall–Kier alpha value is -2.11. The van der Waals surface area contributed by atoms with E-state index < -0.39 is 0 Å². The quantitative estimate of drug-likeness (QED) is 0.678. The number of benzene rings is 1. The number of nitrogens with one attached hydrogen (secondary N) is 1. The Morgan fingerprint density at radius 3 is 2.71 bits per heavy atom. The van der Waals surface area contributed by atoms with Gasteiger partial charge in [-0.2, -0.15) is 0 Å². The van der Waals surface area contributed by atoms with Gasteiger partial charge in [-0.3, -0.25) is 14.9 Å². The third-order valence-electron chi connectivity index (χ3n) is 4.49. The number of nitro benzene ring substituents is 1. The molecule has 0 saturated carbocycles. The minimum absolute atomic E-state index is 0.0748. The molecule has 1 aliphatic heterocycles. The minimum Gasteiger partial charge on any atom is -0.371 e. The highest BCUT2D eigenvalue weighted by Crippen LogP contribution is 2.28. The molecule has 1 atom stereocenters. The van der Waals surface area contributed by atoms with Crippen LogP contribution in [0.15, 0.2) is 18.2 Å². The molecule has 0 radical (unpaired) electrons. The van der Waals surface area contributed by atoms with Crippen LogP contribution in [0.2, 0.25) is 0 Å². The zero-order valence-corrected chi connectivity index (χ0v) is 15.0. The van der Waals surface area contributed by atoms with Crippen LogP contribution in [0.4, 0.5) is 11.4 Å². The fourth-order valence-electron chi connectivity index (χ4n) is 3.01. The normalized spacial score (nSPS) is 18.3. The van der Waals surface area contributed by atoms with Crippen molar-refractivity contribution in [2.24, 2.45) is 11.3 Å². The van der Waals surface area contributed by atoms with E-state index in [1.807, 2.05) is 32.9 Å². The summed E-state index contributed by atoms with van der Waals surface area (Å²) in [6.45, 7) is 9.99. The predicted octanol–water partition coefficient (Wildman–Crippen LogP) is 3.28. The second kappa shape index (κ2) is 7.20. The second-order valence-corrected chi connectivity index (χ2v) is 7.64. The summed E-state index contributed by atoms with van der Waals surface area (Å²) in [6, 6.07) is 5.28. The van der Waals surface area contributed by atoms with E-state index in [1.165, 1.54) is 0 Å². The van der Waals surface area contributed by atoms with Gasteiger partial charge in [0.2, 0.25) is 5.91 Å². The first-order valence-electron chi connectivity index (χ1n) is 8.47. The number of amides is 1. The van der Waals surface area contributed by atoms with Crippen LogP contribution in [-0.4, -0.2) is 30.5 Å². The molecule has 1 fully saturated rings. The molecule has 0 bridgehead atoms. The molecule has 1 heterocycles. The van der Waals surface area contributed by atoms with Crippen molar-refractivity contribution >= 4 is 17.3 Å². The van der Waals surface area contributed by atoms with Crippen molar-refractivity contribution in [3.05, 3.63) is 33.9 Å². The van der Waals surface area contributed by atoms with Crippen LogP contribution >= 0.6 is 0 Å². The molecule has 1 unspecified atom stereocenters. The smallest absolute Gasteiger partial charge is 0.272 e. The summed E-state index contributed by atoms with van der Waals surface area (Å²) in [5, 5.41) is 14.0. The molecule has 6 heteroatoms. The lowest BCUT2D eigenvalue weighted by atomic mass is 9.93. The lowest BCUT2D eigenvalue weighted by Crippen LogP contribution is -2.43. The van der Waals surface area contributed by atoms with E-state index in [0.717, 1.165) is 31.6 Å². The van der Waals surface area contributed by atoms with E-state index in [0.29, 0.717) is 18.0 Å². The van der Waals surface area contributed by atoms with Crippen LogP contribution in [0.3, 0.4) is 0 Å². The zero-order valence-electron chi connectivity index (χ0n) is 15.0. The number of nitrogens with zero attached hydrogens (tertiary/aromatic N) is 2. The van der Waals surface area contributed by atoms with Crippen molar-refractivity contribution < 1.29 is 9.72 Å². The van der Waals surface area contributed by atoms with Gasteiger partial charge in [-0.25, -0.2) is 0 Å². The van der Waals surface area contributed by atoms with E-state index in [4.69, 9.17) is 0 Å². The monoisotopic (exact) mass is 333 g/mol. The van der Waals surface area contributed by atoms with Gasteiger partial charge in [0.25, 0.3) is 5.69 Å². The third-order valence-corrected chi connectivity index (χ3v) is 4.49. The van der Waals surface area contributed by atoms with Crippen molar-refractivity contribution in [1.29, 1.82) is 0 Å². The van der Waals surface area contributed by atoms with Crippen molar-refractivity contribution in [3.63, 3.8) is 0 Å².